The van der Waals surface area contributed by atoms with Crippen LogP contribution in [0.3, 0.4) is 0 Å². The van der Waals surface area contributed by atoms with Crippen molar-refractivity contribution in [3.63, 3.8) is 0 Å². The van der Waals surface area contributed by atoms with Gasteiger partial charge in [0.2, 0.25) is 0 Å². The Hall–Kier alpha value is -4.45. The molecule has 0 N–H and O–H groups in total. The van der Waals surface area contributed by atoms with E-state index in [4.69, 9.17) is 14.2 Å². The molecule has 0 spiro atoms. The van der Waals surface area contributed by atoms with E-state index < -0.39 is 6.10 Å². The van der Waals surface area contributed by atoms with E-state index in [-0.39, 0.29) is 31.1 Å². The third kappa shape index (κ3) is 58.4. The first kappa shape index (κ1) is 69.5. The van der Waals surface area contributed by atoms with Gasteiger partial charge in [-0.2, -0.15) is 0 Å². The van der Waals surface area contributed by atoms with Gasteiger partial charge in [-0.1, -0.05) is 251 Å². The molecular weight excluding hydrogens is 913 g/mol. The van der Waals surface area contributed by atoms with Gasteiger partial charge in [-0.05, 0) is 122 Å². The molecule has 1 unspecified atom stereocenters. The molecule has 0 saturated carbocycles. The molecule has 6 nitrogen and oxygen atoms in total. The van der Waals surface area contributed by atoms with Gasteiger partial charge >= 0.3 is 17.9 Å². The van der Waals surface area contributed by atoms with Crippen LogP contribution in [-0.2, 0) is 28.6 Å². The summed E-state index contributed by atoms with van der Waals surface area (Å²) in [7, 11) is 0. The van der Waals surface area contributed by atoms with Gasteiger partial charge in [0.1, 0.15) is 13.2 Å². The second kappa shape index (κ2) is 61.1. The van der Waals surface area contributed by atoms with Crippen LogP contribution >= 0.6 is 0 Å². The van der Waals surface area contributed by atoms with Gasteiger partial charge in [-0.25, -0.2) is 0 Å². The second-order valence-electron chi connectivity index (χ2n) is 19.5. The van der Waals surface area contributed by atoms with E-state index in [1.54, 1.807) is 0 Å². The fourth-order valence-corrected chi connectivity index (χ4v) is 7.88. The topological polar surface area (TPSA) is 78.9 Å². The Bertz CT molecular complexity index is 1600. The largest absolute Gasteiger partial charge is 0.462 e. The first-order chi connectivity index (χ1) is 36.5. The molecule has 0 fully saturated rings. The smallest absolute Gasteiger partial charge is 0.306 e. The molecule has 74 heavy (non-hydrogen) atoms. The molecule has 0 radical (unpaired) electrons. The molecule has 0 aliphatic heterocycles. The van der Waals surface area contributed by atoms with Crippen LogP contribution in [0, 0.1) is 0 Å². The van der Waals surface area contributed by atoms with Crippen molar-refractivity contribution >= 4 is 17.9 Å². The van der Waals surface area contributed by atoms with Gasteiger partial charge in [0.25, 0.3) is 0 Å². The normalized spacial score (nSPS) is 13.1. The lowest BCUT2D eigenvalue weighted by Gasteiger charge is -2.18. The second-order valence-corrected chi connectivity index (χ2v) is 19.5. The van der Waals surface area contributed by atoms with Crippen LogP contribution in [0.5, 0.6) is 0 Å². The average molecular weight is 1020 g/mol. The highest BCUT2D eigenvalue weighted by Gasteiger charge is 2.19. The summed E-state index contributed by atoms with van der Waals surface area (Å²) in [6, 6.07) is 0. The first-order valence-electron chi connectivity index (χ1n) is 30.2. The van der Waals surface area contributed by atoms with E-state index in [1.165, 1.54) is 70.6 Å². The minimum Gasteiger partial charge on any atom is -0.462 e. The van der Waals surface area contributed by atoms with E-state index >= 15 is 0 Å². The van der Waals surface area contributed by atoms with E-state index in [0.717, 1.165) is 148 Å². The number of ether oxygens (including phenoxy) is 3. The van der Waals surface area contributed by atoms with Gasteiger partial charge in [-0.15, -0.1) is 0 Å². The maximum absolute atomic E-state index is 12.8. The zero-order valence-electron chi connectivity index (χ0n) is 47.8. The van der Waals surface area contributed by atoms with Gasteiger partial charge in [-0.3, -0.25) is 14.4 Å². The highest BCUT2D eigenvalue weighted by molar-refractivity contribution is 5.71. The van der Waals surface area contributed by atoms with Crippen molar-refractivity contribution in [1.29, 1.82) is 0 Å². The van der Waals surface area contributed by atoms with Gasteiger partial charge in [0.15, 0.2) is 6.10 Å². The highest BCUT2D eigenvalue weighted by Crippen LogP contribution is 2.14. The zero-order chi connectivity index (χ0) is 53.6. The quantitative estimate of drug-likeness (QED) is 0.0261. The number of hydrogen-bond donors (Lipinski definition) is 0. The number of hydrogen-bond acceptors (Lipinski definition) is 6. The molecule has 0 aromatic heterocycles. The van der Waals surface area contributed by atoms with E-state index in [0.29, 0.717) is 19.3 Å². The predicted molar refractivity (Wildman–Crippen MR) is 320 cm³/mol. The third-order valence-corrected chi connectivity index (χ3v) is 12.4. The lowest BCUT2D eigenvalue weighted by atomic mass is 10.1. The van der Waals surface area contributed by atoms with Gasteiger partial charge in [0.05, 0.1) is 0 Å². The molecule has 0 rings (SSSR count). The average Bonchev–Trinajstić information content (AvgIpc) is 3.40. The van der Waals surface area contributed by atoms with E-state index in [2.05, 4.69) is 154 Å². The minimum absolute atomic E-state index is 0.0914. The molecule has 0 saturated heterocycles. The van der Waals surface area contributed by atoms with Crippen molar-refractivity contribution in [2.75, 3.05) is 13.2 Å². The van der Waals surface area contributed by atoms with Gasteiger partial charge in [0, 0.05) is 19.3 Å². The molecule has 0 aromatic carbocycles. The molecule has 1 atom stereocenters. The lowest BCUT2D eigenvalue weighted by Crippen LogP contribution is -2.30. The van der Waals surface area contributed by atoms with Crippen LogP contribution in [0.2, 0.25) is 0 Å². The number of esters is 3. The first-order valence-corrected chi connectivity index (χ1v) is 30.2. The Labute approximate surface area is 455 Å². The Morgan fingerprint density at radius 2 is 0.527 bits per heavy atom. The molecule has 0 aromatic rings. The molecular formula is C68H110O6. The Balaban J connectivity index is 4.20. The van der Waals surface area contributed by atoms with E-state index in [1.807, 2.05) is 0 Å². The minimum atomic E-state index is -0.793. The van der Waals surface area contributed by atoms with Crippen molar-refractivity contribution in [2.45, 2.75) is 264 Å². The molecule has 0 aliphatic rings. The standard InChI is InChI=1S/C68H110O6/c1-4-7-10-13-16-18-20-22-24-26-28-29-30-31-32-33-34-35-36-37-38-39-41-42-44-46-48-50-52-55-58-61-67(70)73-64-65(63-72-66(69)60-57-54-15-12-9-6-3)74-68(71)62-59-56-53-51-49-47-45-43-40-27-25-23-21-19-17-14-11-8-5-2/h7,10,16-19,22-25,28-29,31-32,34-35,37-38,40-43,65H,4-6,8-9,11-15,20-21,26-27,30,33,36,39,44-64H2,1-3H3/b10-7-,18-16-,19-17-,24-22-,25-23-,29-28-,32-31-,35-34-,38-37-,42-41-,43-40-. The number of unbranched alkanes of at least 4 members (excludes halogenated alkanes) is 20. The van der Waals surface area contributed by atoms with E-state index in [9.17, 15) is 14.4 Å². The van der Waals surface area contributed by atoms with Crippen molar-refractivity contribution < 1.29 is 28.6 Å². The molecule has 0 heterocycles. The molecule has 6 heteroatoms. The maximum atomic E-state index is 12.8. The van der Waals surface area contributed by atoms with Crippen LogP contribution in [0.4, 0.5) is 0 Å². The predicted octanol–water partition coefficient (Wildman–Crippen LogP) is 20.6. The van der Waals surface area contributed by atoms with Crippen LogP contribution in [0.1, 0.15) is 258 Å². The fraction of sp³-hybridized carbons (Fsp3) is 0.632. The van der Waals surface area contributed by atoms with Crippen molar-refractivity contribution in [3.8, 4) is 0 Å². The summed E-state index contributed by atoms with van der Waals surface area (Å²) in [5, 5.41) is 0. The number of allylic oxidation sites excluding steroid dienone is 22. The third-order valence-electron chi connectivity index (χ3n) is 12.4. The number of carbonyl (C=O) groups excluding carboxylic acids is 3. The summed E-state index contributed by atoms with van der Waals surface area (Å²) in [6.45, 7) is 6.41. The number of rotatable bonds is 53. The lowest BCUT2D eigenvalue weighted by molar-refractivity contribution is -0.167. The monoisotopic (exact) mass is 1020 g/mol. The molecule has 0 bridgehead atoms. The van der Waals surface area contributed by atoms with Crippen LogP contribution < -0.4 is 0 Å². The summed E-state index contributed by atoms with van der Waals surface area (Å²) in [5.41, 5.74) is 0. The number of carbonyl (C=O) groups is 3. The summed E-state index contributed by atoms with van der Waals surface area (Å²) < 4.78 is 16.7. The van der Waals surface area contributed by atoms with Crippen LogP contribution in [0.25, 0.3) is 0 Å². The SMILES string of the molecule is CC/C=C\C/C=C\C/C=C\C/C=C\C/C=C\C/C=C\C/C=C\C/C=C\CCCCCCCCC(=O)OCC(COC(=O)CCCCCCCC)OC(=O)CCCCCCCC/C=C\C/C=C\C/C=C\CCCCC. The Morgan fingerprint density at radius 3 is 0.851 bits per heavy atom. The highest BCUT2D eigenvalue weighted by atomic mass is 16.6. The van der Waals surface area contributed by atoms with Crippen LogP contribution in [-0.4, -0.2) is 37.2 Å². The summed E-state index contributed by atoms with van der Waals surface area (Å²) in [6.07, 6.45) is 86.2. The summed E-state index contributed by atoms with van der Waals surface area (Å²) in [4.78, 5) is 37.9. The van der Waals surface area contributed by atoms with Crippen molar-refractivity contribution in [1.82, 2.24) is 0 Å². The zero-order valence-corrected chi connectivity index (χ0v) is 47.8. The summed E-state index contributed by atoms with van der Waals surface area (Å²) in [5.74, 6) is -0.932. The molecule has 0 aliphatic carbocycles. The molecule has 0 amide bonds. The van der Waals surface area contributed by atoms with Crippen LogP contribution in [0.15, 0.2) is 134 Å². The van der Waals surface area contributed by atoms with Gasteiger partial charge < -0.3 is 14.2 Å². The van der Waals surface area contributed by atoms with Crippen molar-refractivity contribution in [3.05, 3.63) is 134 Å². The Morgan fingerprint density at radius 1 is 0.284 bits per heavy atom. The Kier molecular flexibility index (Phi) is 57.4. The molecule has 418 valence electrons. The maximum Gasteiger partial charge on any atom is 0.306 e. The fourth-order valence-electron chi connectivity index (χ4n) is 7.88. The summed E-state index contributed by atoms with van der Waals surface area (Å²) >= 11 is 0. The van der Waals surface area contributed by atoms with Crippen molar-refractivity contribution in [2.24, 2.45) is 0 Å².